The van der Waals surface area contributed by atoms with Crippen LogP contribution in [0.3, 0.4) is 0 Å². The maximum absolute atomic E-state index is 5.83. The van der Waals surface area contributed by atoms with Crippen molar-refractivity contribution in [3.05, 3.63) is 71.5 Å². The summed E-state index contributed by atoms with van der Waals surface area (Å²) in [5.41, 5.74) is 5.63. The fraction of sp³-hybridized carbons (Fsp3) is 0.238. The summed E-state index contributed by atoms with van der Waals surface area (Å²) in [6, 6.07) is 17.0. The number of hydrogen-bond acceptors (Lipinski definition) is 5. The molecule has 1 atom stereocenters. The van der Waals surface area contributed by atoms with E-state index in [1.165, 1.54) is 16.8 Å². The Morgan fingerprint density at radius 2 is 1.81 bits per heavy atom. The standard InChI is InChI=1S/C21H22N4O/c1-4-26-21-19-18(14-9-11-15(12-10-14)25(2)3)16-7-5-6-8-17(16)24-20(19)22-13-23-21/h5-13,18H,4H2,1-3H3,(H,22,23,24). The zero-order valence-electron chi connectivity index (χ0n) is 15.2. The van der Waals surface area contributed by atoms with Crippen LogP contribution >= 0.6 is 0 Å². The van der Waals surface area contributed by atoms with Gasteiger partial charge in [-0.3, -0.25) is 0 Å². The van der Waals surface area contributed by atoms with E-state index in [4.69, 9.17) is 4.74 Å². The number of anilines is 3. The fourth-order valence-electron chi connectivity index (χ4n) is 3.45. The number of hydrogen-bond donors (Lipinski definition) is 1. The fourth-order valence-corrected chi connectivity index (χ4v) is 3.45. The van der Waals surface area contributed by atoms with Gasteiger partial charge in [0.15, 0.2) is 0 Å². The predicted molar refractivity (Wildman–Crippen MR) is 105 cm³/mol. The van der Waals surface area contributed by atoms with Crippen LogP contribution in [0.1, 0.15) is 29.5 Å². The van der Waals surface area contributed by atoms with E-state index in [1.807, 2.05) is 27.1 Å². The van der Waals surface area contributed by atoms with Crippen molar-refractivity contribution in [1.82, 2.24) is 9.97 Å². The molecule has 5 heteroatoms. The van der Waals surface area contributed by atoms with Crippen LogP contribution < -0.4 is 15.0 Å². The molecule has 2 aromatic carbocycles. The topological polar surface area (TPSA) is 50.3 Å². The molecule has 4 rings (SSSR count). The third-order valence-corrected chi connectivity index (χ3v) is 4.68. The first kappa shape index (κ1) is 16.4. The second-order valence-corrected chi connectivity index (χ2v) is 6.51. The molecule has 0 aliphatic carbocycles. The van der Waals surface area contributed by atoms with Crippen molar-refractivity contribution < 1.29 is 4.74 Å². The molecule has 0 amide bonds. The van der Waals surface area contributed by atoms with Crippen LogP contribution in [0.25, 0.3) is 0 Å². The van der Waals surface area contributed by atoms with Gasteiger partial charge in [-0.1, -0.05) is 30.3 Å². The first-order valence-electron chi connectivity index (χ1n) is 8.80. The van der Waals surface area contributed by atoms with E-state index in [0.29, 0.717) is 12.5 Å². The highest BCUT2D eigenvalue weighted by Gasteiger charge is 2.31. The highest BCUT2D eigenvalue weighted by atomic mass is 16.5. The van der Waals surface area contributed by atoms with Crippen molar-refractivity contribution in [2.45, 2.75) is 12.8 Å². The number of aromatic nitrogens is 2. The molecule has 0 saturated heterocycles. The van der Waals surface area contributed by atoms with Gasteiger partial charge in [0.25, 0.3) is 0 Å². The molecular weight excluding hydrogens is 324 g/mol. The molecular formula is C21H22N4O. The Morgan fingerprint density at radius 3 is 2.54 bits per heavy atom. The van der Waals surface area contributed by atoms with Gasteiger partial charge in [0.2, 0.25) is 5.88 Å². The molecule has 0 spiro atoms. The number of para-hydroxylation sites is 1. The Kier molecular flexibility index (Phi) is 4.21. The van der Waals surface area contributed by atoms with Crippen LogP contribution in [0.5, 0.6) is 5.88 Å². The van der Waals surface area contributed by atoms with Crippen molar-refractivity contribution in [2.24, 2.45) is 0 Å². The van der Waals surface area contributed by atoms with Gasteiger partial charge >= 0.3 is 0 Å². The molecule has 5 nitrogen and oxygen atoms in total. The maximum Gasteiger partial charge on any atom is 0.222 e. The van der Waals surface area contributed by atoms with Gasteiger partial charge in [-0.25, -0.2) is 9.97 Å². The highest BCUT2D eigenvalue weighted by molar-refractivity contribution is 5.75. The number of nitrogens with zero attached hydrogens (tertiary/aromatic N) is 3. The van der Waals surface area contributed by atoms with Crippen LogP contribution in [0.4, 0.5) is 17.2 Å². The van der Waals surface area contributed by atoms with E-state index >= 15 is 0 Å². The minimum Gasteiger partial charge on any atom is -0.478 e. The van der Waals surface area contributed by atoms with Crippen molar-refractivity contribution in [3.8, 4) is 5.88 Å². The monoisotopic (exact) mass is 346 g/mol. The third kappa shape index (κ3) is 2.75. The average Bonchev–Trinajstić information content (AvgIpc) is 2.67. The minimum atomic E-state index is 0.0291. The summed E-state index contributed by atoms with van der Waals surface area (Å²) in [5, 5.41) is 3.43. The largest absolute Gasteiger partial charge is 0.478 e. The Bertz CT molecular complexity index is 922. The second-order valence-electron chi connectivity index (χ2n) is 6.51. The van der Waals surface area contributed by atoms with E-state index in [1.54, 1.807) is 6.33 Å². The van der Waals surface area contributed by atoms with E-state index in [-0.39, 0.29) is 5.92 Å². The summed E-state index contributed by atoms with van der Waals surface area (Å²) in [5.74, 6) is 1.48. The van der Waals surface area contributed by atoms with Gasteiger partial charge in [-0.2, -0.15) is 0 Å². The molecule has 1 unspecified atom stereocenters. The van der Waals surface area contributed by atoms with Gasteiger partial charge in [0.05, 0.1) is 12.2 Å². The van der Waals surface area contributed by atoms with E-state index in [0.717, 1.165) is 17.1 Å². The smallest absolute Gasteiger partial charge is 0.222 e. The van der Waals surface area contributed by atoms with Crippen molar-refractivity contribution in [2.75, 3.05) is 30.9 Å². The molecule has 0 saturated carbocycles. The van der Waals surface area contributed by atoms with Gasteiger partial charge in [-0.15, -0.1) is 0 Å². The molecule has 1 aliphatic heterocycles. The Hall–Kier alpha value is -3.08. The molecule has 3 aromatic rings. The van der Waals surface area contributed by atoms with Crippen molar-refractivity contribution >= 4 is 17.2 Å². The summed E-state index contributed by atoms with van der Waals surface area (Å²) in [4.78, 5) is 11.0. The lowest BCUT2D eigenvalue weighted by Crippen LogP contribution is -2.18. The van der Waals surface area contributed by atoms with Crippen LogP contribution in [0.15, 0.2) is 54.9 Å². The number of rotatable bonds is 4. The average molecular weight is 346 g/mol. The summed E-state index contributed by atoms with van der Waals surface area (Å²) in [7, 11) is 4.09. The van der Waals surface area contributed by atoms with E-state index < -0.39 is 0 Å². The zero-order valence-corrected chi connectivity index (χ0v) is 15.2. The molecule has 1 N–H and O–H groups in total. The molecule has 0 fully saturated rings. The quantitative estimate of drug-likeness (QED) is 0.601. The van der Waals surface area contributed by atoms with Crippen LogP contribution in [0, 0.1) is 0 Å². The number of fused-ring (bicyclic) bond motifs is 2. The van der Waals surface area contributed by atoms with Crippen LogP contribution in [-0.4, -0.2) is 30.7 Å². The first-order chi connectivity index (χ1) is 12.7. The molecule has 26 heavy (non-hydrogen) atoms. The molecule has 0 bridgehead atoms. The lowest BCUT2D eigenvalue weighted by atomic mass is 9.82. The SMILES string of the molecule is CCOc1ncnc2c1C(c1ccc(N(C)C)cc1)c1ccccc1N2. The van der Waals surface area contributed by atoms with Gasteiger partial charge < -0.3 is 15.0 Å². The minimum absolute atomic E-state index is 0.0291. The van der Waals surface area contributed by atoms with E-state index in [2.05, 4.69) is 62.6 Å². The number of benzene rings is 2. The van der Waals surface area contributed by atoms with Gasteiger partial charge in [0, 0.05) is 31.4 Å². The van der Waals surface area contributed by atoms with Crippen molar-refractivity contribution in [3.63, 3.8) is 0 Å². The Labute approximate surface area is 153 Å². The zero-order chi connectivity index (χ0) is 18.1. The lowest BCUT2D eigenvalue weighted by molar-refractivity contribution is 0.322. The molecule has 2 heterocycles. The molecule has 1 aliphatic rings. The second kappa shape index (κ2) is 6.67. The first-order valence-corrected chi connectivity index (χ1v) is 8.80. The molecule has 132 valence electrons. The van der Waals surface area contributed by atoms with E-state index in [9.17, 15) is 0 Å². The molecule has 1 aromatic heterocycles. The summed E-state index contributed by atoms with van der Waals surface area (Å²) < 4.78 is 5.83. The maximum atomic E-state index is 5.83. The van der Waals surface area contributed by atoms with Gasteiger partial charge in [0.1, 0.15) is 12.1 Å². The predicted octanol–water partition coefficient (Wildman–Crippen LogP) is 4.18. The molecule has 0 radical (unpaired) electrons. The third-order valence-electron chi connectivity index (χ3n) is 4.68. The lowest BCUT2D eigenvalue weighted by Gasteiger charge is -2.30. The number of nitrogens with one attached hydrogen (secondary N) is 1. The number of ether oxygens (including phenoxy) is 1. The van der Waals surface area contributed by atoms with Crippen LogP contribution in [0.2, 0.25) is 0 Å². The highest BCUT2D eigenvalue weighted by Crippen LogP contribution is 2.47. The van der Waals surface area contributed by atoms with Crippen molar-refractivity contribution in [1.29, 1.82) is 0 Å². The normalized spacial score (nSPS) is 14.8. The Morgan fingerprint density at radius 1 is 1.04 bits per heavy atom. The Balaban J connectivity index is 1.90. The summed E-state index contributed by atoms with van der Waals surface area (Å²) >= 11 is 0. The van der Waals surface area contributed by atoms with Gasteiger partial charge in [-0.05, 0) is 36.2 Å². The summed E-state index contributed by atoms with van der Waals surface area (Å²) in [6.45, 7) is 2.54. The summed E-state index contributed by atoms with van der Waals surface area (Å²) in [6.07, 6.45) is 1.55. The van der Waals surface area contributed by atoms with Crippen LogP contribution in [-0.2, 0) is 0 Å².